The van der Waals surface area contributed by atoms with Crippen LogP contribution in [0.2, 0.25) is 0 Å². The Morgan fingerprint density at radius 3 is 2.89 bits per heavy atom. The summed E-state index contributed by atoms with van der Waals surface area (Å²) < 4.78 is 0. The van der Waals surface area contributed by atoms with Gasteiger partial charge in [0.25, 0.3) is 0 Å². The van der Waals surface area contributed by atoms with E-state index < -0.39 is 0 Å². The maximum Gasteiger partial charge on any atom is 0.129 e. The molecule has 0 bridgehead atoms. The average molecular weight is 146 g/mol. The van der Waals surface area contributed by atoms with Gasteiger partial charge in [-0.3, -0.25) is 0 Å². The number of nitrogens with two attached hydrogens (primary N) is 1. The molecule has 2 nitrogen and oxygen atoms in total. The van der Waals surface area contributed by atoms with Crippen molar-refractivity contribution in [2.24, 2.45) is 5.73 Å². The summed E-state index contributed by atoms with van der Waals surface area (Å²) in [4.78, 5) is 0. The Kier molecular flexibility index (Phi) is 1.78. The zero-order chi connectivity index (χ0) is 6.85. The second kappa shape index (κ2) is 2.42. The van der Waals surface area contributed by atoms with E-state index in [9.17, 15) is 0 Å². The molecule has 0 aromatic rings. The lowest BCUT2D eigenvalue weighted by molar-refractivity contribution is 0.421. The van der Waals surface area contributed by atoms with E-state index in [1.807, 2.05) is 0 Å². The van der Waals surface area contributed by atoms with E-state index >= 15 is 0 Å². The van der Waals surface area contributed by atoms with Crippen LogP contribution in [0.5, 0.6) is 0 Å². The Balaban J connectivity index is 2.75. The lowest BCUT2D eigenvalue weighted by Gasteiger charge is -2.09. The van der Waals surface area contributed by atoms with Gasteiger partial charge in [-0.15, -0.1) is 0 Å². The first kappa shape index (κ1) is 6.65. The molecule has 1 rings (SSSR count). The smallest absolute Gasteiger partial charge is 0.129 e. The second-order valence-corrected chi connectivity index (χ2v) is 2.41. The predicted octanol–water partition coefficient (Wildman–Crippen LogP) is 1.28. The number of hydrogen-bond acceptors (Lipinski definition) is 2. The molecule has 0 fully saturated rings. The van der Waals surface area contributed by atoms with Gasteiger partial charge in [0.15, 0.2) is 0 Å². The number of halogens is 1. The largest absolute Gasteiger partial charge is 0.507 e. The lowest BCUT2D eigenvalue weighted by atomic mass is 10.1. The molecule has 3 N–H and O–H groups in total. The fourth-order valence-electron chi connectivity index (χ4n) is 0.687. The minimum Gasteiger partial charge on any atom is -0.507 e. The molecule has 0 amide bonds. The molecular formula is C6H8ClNO. The van der Waals surface area contributed by atoms with Crippen LogP contribution in [0.3, 0.4) is 0 Å². The van der Waals surface area contributed by atoms with Crippen molar-refractivity contribution < 1.29 is 5.11 Å². The highest BCUT2D eigenvalue weighted by molar-refractivity contribution is 6.31. The fraction of sp³-hybridized carbons (Fsp3) is 0.333. The molecule has 0 saturated heterocycles. The first-order chi connectivity index (χ1) is 4.20. The molecular weight excluding hydrogens is 138 g/mol. The topological polar surface area (TPSA) is 46.2 Å². The molecule has 1 aliphatic rings. The van der Waals surface area contributed by atoms with Crippen LogP contribution in [0.1, 0.15) is 6.42 Å². The maximum absolute atomic E-state index is 8.90. The van der Waals surface area contributed by atoms with E-state index in [2.05, 4.69) is 0 Å². The molecule has 0 heterocycles. The second-order valence-electron chi connectivity index (χ2n) is 2.00. The summed E-state index contributed by atoms with van der Waals surface area (Å²) in [6.07, 6.45) is 3.92. The van der Waals surface area contributed by atoms with E-state index in [-0.39, 0.29) is 11.8 Å². The Morgan fingerprint density at radius 1 is 1.78 bits per heavy atom. The van der Waals surface area contributed by atoms with Crippen molar-refractivity contribution in [1.29, 1.82) is 0 Å². The SMILES string of the molecule is NC1C=C(Cl)C(O)=CC1. The minimum absolute atomic E-state index is 0.0339. The number of aliphatic hydroxyl groups excluding tert-OH is 1. The van der Waals surface area contributed by atoms with Gasteiger partial charge in [-0.05, 0) is 18.6 Å². The van der Waals surface area contributed by atoms with E-state index in [1.54, 1.807) is 12.2 Å². The van der Waals surface area contributed by atoms with Gasteiger partial charge in [-0.25, -0.2) is 0 Å². The summed E-state index contributed by atoms with van der Waals surface area (Å²) in [5.41, 5.74) is 5.47. The lowest BCUT2D eigenvalue weighted by Crippen LogP contribution is -2.18. The molecule has 1 atom stereocenters. The van der Waals surface area contributed by atoms with Crippen molar-refractivity contribution in [3.8, 4) is 0 Å². The first-order valence-electron chi connectivity index (χ1n) is 2.72. The van der Waals surface area contributed by atoms with Crippen molar-refractivity contribution >= 4 is 11.6 Å². The minimum atomic E-state index is -0.0339. The molecule has 0 spiro atoms. The third-order valence-corrected chi connectivity index (χ3v) is 1.51. The normalized spacial score (nSPS) is 27.1. The molecule has 50 valence electrons. The molecule has 1 unspecified atom stereocenters. The van der Waals surface area contributed by atoms with Gasteiger partial charge in [0.05, 0.1) is 5.03 Å². The van der Waals surface area contributed by atoms with Crippen LogP contribution in [-0.4, -0.2) is 11.1 Å². The quantitative estimate of drug-likeness (QED) is 0.540. The van der Waals surface area contributed by atoms with Crippen molar-refractivity contribution in [2.45, 2.75) is 12.5 Å². The van der Waals surface area contributed by atoms with Crippen LogP contribution in [0.15, 0.2) is 22.9 Å². The third kappa shape index (κ3) is 1.47. The van der Waals surface area contributed by atoms with Crippen molar-refractivity contribution in [1.82, 2.24) is 0 Å². The number of rotatable bonds is 0. The number of aliphatic hydroxyl groups is 1. The predicted molar refractivity (Wildman–Crippen MR) is 37.2 cm³/mol. The van der Waals surface area contributed by atoms with E-state index in [4.69, 9.17) is 22.4 Å². The maximum atomic E-state index is 8.90. The molecule has 0 aromatic carbocycles. The monoisotopic (exact) mass is 145 g/mol. The highest BCUT2D eigenvalue weighted by Gasteiger charge is 2.08. The molecule has 0 aromatic heterocycles. The van der Waals surface area contributed by atoms with Crippen LogP contribution < -0.4 is 5.73 Å². The van der Waals surface area contributed by atoms with Gasteiger partial charge in [0.2, 0.25) is 0 Å². The number of allylic oxidation sites excluding steroid dienone is 1. The molecule has 0 aliphatic heterocycles. The van der Waals surface area contributed by atoms with Crippen LogP contribution in [-0.2, 0) is 0 Å². The van der Waals surface area contributed by atoms with Crippen molar-refractivity contribution in [3.63, 3.8) is 0 Å². The summed E-state index contributed by atoms with van der Waals surface area (Å²) in [5.74, 6) is 0.137. The molecule has 3 heteroatoms. The van der Waals surface area contributed by atoms with E-state index in [0.717, 1.165) is 0 Å². The summed E-state index contributed by atoms with van der Waals surface area (Å²) in [7, 11) is 0. The van der Waals surface area contributed by atoms with Gasteiger partial charge < -0.3 is 10.8 Å². The zero-order valence-corrected chi connectivity index (χ0v) is 5.60. The van der Waals surface area contributed by atoms with Gasteiger partial charge in [0, 0.05) is 6.04 Å². The highest BCUT2D eigenvalue weighted by Crippen LogP contribution is 2.18. The van der Waals surface area contributed by atoms with E-state index in [0.29, 0.717) is 11.5 Å². The van der Waals surface area contributed by atoms with Gasteiger partial charge >= 0.3 is 0 Å². The van der Waals surface area contributed by atoms with Crippen molar-refractivity contribution in [3.05, 3.63) is 22.9 Å². The summed E-state index contributed by atoms with van der Waals surface area (Å²) in [5, 5.41) is 9.26. The standard InChI is InChI=1S/C6H8ClNO/c7-5-3-4(8)1-2-6(5)9/h2-4,9H,1,8H2. The third-order valence-electron chi connectivity index (χ3n) is 1.19. The van der Waals surface area contributed by atoms with Crippen molar-refractivity contribution in [2.75, 3.05) is 0 Å². The van der Waals surface area contributed by atoms with Gasteiger partial charge in [-0.2, -0.15) is 0 Å². The molecule has 0 radical (unpaired) electrons. The van der Waals surface area contributed by atoms with Crippen LogP contribution >= 0.6 is 11.6 Å². The Hall–Kier alpha value is -0.470. The summed E-state index contributed by atoms with van der Waals surface area (Å²) >= 11 is 5.52. The fourth-order valence-corrected chi connectivity index (χ4v) is 0.926. The average Bonchev–Trinajstić information content (AvgIpc) is 1.80. The van der Waals surface area contributed by atoms with Crippen LogP contribution in [0.4, 0.5) is 0 Å². The Morgan fingerprint density at radius 2 is 2.44 bits per heavy atom. The summed E-state index contributed by atoms with van der Waals surface area (Å²) in [6.45, 7) is 0. The zero-order valence-electron chi connectivity index (χ0n) is 4.84. The van der Waals surface area contributed by atoms with Gasteiger partial charge in [0.1, 0.15) is 5.76 Å². The molecule has 9 heavy (non-hydrogen) atoms. The molecule has 1 aliphatic carbocycles. The Labute approximate surface area is 58.6 Å². The van der Waals surface area contributed by atoms with Gasteiger partial charge in [-0.1, -0.05) is 11.6 Å². The highest BCUT2D eigenvalue weighted by atomic mass is 35.5. The van der Waals surface area contributed by atoms with Crippen LogP contribution in [0, 0.1) is 0 Å². The summed E-state index contributed by atoms with van der Waals surface area (Å²) in [6, 6.07) is -0.0339. The first-order valence-corrected chi connectivity index (χ1v) is 3.10. The van der Waals surface area contributed by atoms with Crippen LogP contribution in [0.25, 0.3) is 0 Å². The number of hydrogen-bond donors (Lipinski definition) is 2. The molecule has 0 saturated carbocycles. The Bertz CT molecular complexity index is 174. The van der Waals surface area contributed by atoms with E-state index in [1.165, 1.54) is 0 Å².